The van der Waals surface area contributed by atoms with Crippen molar-refractivity contribution in [3.63, 3.8) is 0 Å². The van der Waals surface area contributed by atoms with E-state index in [-0.39, 0.29) is 24.9 Å². The second-order valence-electron chi connectivity index (χ2n) is 7.69. The van der Waals surface area contributed by atoms with Gasteiger partial charge in [0.15, 0.2) is 6.61 Å². The number of anilines is 2. The molecule has 33 heavy (non-hydrogen) atoms. The maximum absolute atomic E-state index is 13.2. The van der Waals surface area contributed by atoms with Gasteiger partial charge in [-0.2, -0.15) is 0 Å². The van der Waals surface area contributed by atoms with Gasteiger partial charge in [-0.25, -0.2) is 12.8 Å². The minimum Gasteiger partial charge on any atom is -0.484 e. The van der Waals surface area contributed by atoms with Crippen molar-refractivity contribution in [1.29, 1.82) is 0 Å². The molecule has 0 fully saturated rings. The molecule has 8 heteroatoms. The van der Waals surface area contributed by atoms with Crippen LogP contribution < -0.4 is 14.4 Å². The minimum atomic E-state index is -3.58. The Labute approximate surface area is 194 Å². The quantitative estimate of drug-likeness (QED) is 0.493. The van der Waals surface area contributed by atoms with Gasteiger partial charge < -0.3 is 10.1 Å². The number of ether oxygens (including phenoxy) is 1. The van der Waals surface area contributed by atoms with Crippen LogP contribution in [0.4, 0.5) is 15.8 Å². The molecule has 0 saturated heterocycles. The van der Waals surface area contributed by atoms with Crippen molar-refractivity contribution in [2.75, 3.05) is 22.5 Å². The van der Waals surface area contributed by atoms with Gasteiger partial charge >= 0.3 is 0 Å². The Morgan fingerprint density at radius 2 is 1.70 bits per heavy atom. The fraction of sp³-hybridized carbons (Fsp3) is 0.240. The molecule has 0 radical (unpaired) electrons. The van der Waals surface area contributed by atoms with Gasteiger partial charge in [-0.05, 0) is 66.4 Å². The highest BCUT2D eigenvalue weighted by Crippen LogP contribution is 2.24. The Hall–Kier alpha value is -3.39. The van der Waals surface area contributed by atoms with E-state index in [1.54, 1.807) is 36.4 Å². The van der Waals surface area contributed by atoms with Crippen molar-refractivity contribution < 1.29 is 22.3 Å². The van der Waals surface area contributed by atoms with E-state index in [0.717, 1.165) is 29.5 Å². The highest BCUT2D eigenvalue weighted by atomic mass is 32.2. The summed E-state index contributed by atoms with van der Waals surface area (Å²) in [5, 5.41) is 2.90. The summed E-state index contributed by atoms with van der Waals surface area (Å²) < 4.78 is 44.6. The van der Waals surface area contributed by atoms with Crippen molar-refractivity contribution in [2.24, 2.45) is 0 Å². The van der Waals surface area contributed by atoms with Crippen LogP contribution in [0.25, 0.3) is 0 Å². The molecule has 1 N–H and O–H groups in total. The van der Waals surface area contributed by atoms with Gasteiger partial charge in [0.25, 0.3) is 5.91 Å². The zero-order chi connectivity index (χ0) is 24.0. The summed E-state index contributed by atoms with van der Waals surface area (Å²) in [6.07, 6.45) is 1.91. The second-order valence-corrected chi connectivity index (χ2v) is 9.60. The van der Waals surface area contributed by atoms with E-state index in [0.29, 0.717) is 17.0 Å². The van der Waals surface area contributed by atoms with Crippen molar-refractivity contribution in [3.05, 3.63) is 89.2 Å². The van der Waals surface area contributed by atoms with Crippen LogP contribution in [0.1, 0.15) is 23.6 Å². The fourth-order valence-electron chi connectivity index (χ4n) is 3.39. The topological polar surface area (TPSA) is 75.7 Å². The number of para-hydroxylation sites is 1. The van der Waals surface area contributed by atoms with Crippen LogP contribution >= 0.6 is 0 Å². The van der Waals surface area contributed by atoms with E-state index in [4.69, 9.17) is 4.74 Å². The average Bonchev–Trinajstić information content (AvgIpc) is 2.78. The standard InChI is InChI=1S/C25H27FN2O4S/c1-4-20-7-5-6-18(2)25(20)27-24(29)17-32-23-14-12-22(13-15-23)28(33(3,30)31)16-19-8-10-21(26)11-9-19/h5-15H,4,16-17H2,1-3H3,(H,27,29). The number of sulfonamides is 1. The van der Waals surface area contributed by atoms with Crippen molar-refractivity contribution in [2.45, 2.75) is 26.8 Å². The van der Waals surface area contributed by atoms with Crippen LogP contribution in [-0.4, -0.2) is 27.2 Å². The second kappa shape index (κ2) is 10.5. The Bertz CT molecular complexity index is 1210. The third-order valence-electron chi connectivity index (χ3n) is 5.14. The lowest BCUT2D eigenvalue weighted by atomic mass is 10.1. The number of hydrogen-bond donors (Lipinski definition) is 1. The monoisotopic (exact) mass is 470 g/mol. The Balaban J connectivity index is 1.66. The van der Waals surface area contributed by atoms with Crippen LogP contribution in [0.5, 0.6) is 5.75 Å². The molecule has 3 aromatic rings. The maximum atomic E-state index is 13.2. The molecular weight excluding hydrogens is 443 g/mol. The molecule has 0 heterocycles. The van der Waals surface area contributed by atoms with Crippen molar-refractivity contribution in [1.82, 2.24) is 0 Å². The van der Waals surface area contributed by atoms with Crippen LogP contribution in [0.2, 0.25) is 0 Å². The summed E-state index contributed by atoms with van der Waals surface area (Å²) in [6.45, 7) is 3.85. The largest absolute Gasteiger partial charge is 0.484 e. The number of nitrogens with zero attached hydrogens (tertiary/aromatic N) is 1. The Morgan fingerprint density at radius 1 is 1.03 bits per heavy atom. The molecular formula is C25H27FN2O4S. The summed E-state index contributed by atoms with van der Waals surface area (Å²) in [5.41, 5.74) is 3.92. The third-order valence-corrected chi connectivity index (χ3v) is 6.28. The summed E-state index contributed by atoms with van der Waals surface area (Å²) in [5.74, 6) is -0.231. The van der Waals surface area contributed by atoms with E-state index >= 15 is 0 Å². The zero-order valence-electron chi connectivity index (χ0n) is 18.8. The number of nitrogens with one attached hydrogen (secondary N) is 1. The van der Waals surface area contributed by atoms with Crippen molar-refractivity contribution in [3.8, 4) is 5.75 Å². The first kappa shape index (κ1) is 24.3. The summed E-state index contributed by atoms with van der Waals surface area (Å²) in [6, 6.07) is 18.0. The molecule has 0 unspecified atom stereocenters. The molecule has 0 aliphatic carbocycles. The van der Waals surface area contributed by atoms with Crippen LogP contribution in [-0.2, 0) is 27.8 Å². The average molecular weight is 471 g/mol. The van der Waals surface area contributed by atoms with E-state index in [1.165, 1.54) is 16.4 Å². The Kier molecular flexibility index (Phi) is 7.71. The predicted octanol–water partition coefficient (Wildman–Crippen LogP) is 4.68. The number of amides is 1. The SMILES string of the molecule is CCc1cccc(C)c1NC(=O)COc1ccc(N(Cc2ccc(F)cc2)S(C)(=O)=O)cc1. The van der Waals surface area contributed by atoms with Crippen LogP contribution in [0, 0.1) is 12.7 Å². The molecule has 0 aliphatic rings. The van der Waals surface area contributed by atoms with Gasteiger partial charge in [0.2, 0.25) is 10.0 Å². The van der Waals surface area contributed by atoms with Crippen molar-refractivity contribution >= 4 is 27.3 Å². The number of carbonyl (C=O) groups excluding carboxylic acids is 1. The van der Waals surface area contributed by atoms with Gasteiger partial charge in [0.05, 0.1) is 18.5 Å². The number of rotatable bonds is 9. The number of hydrogen-bond acceptors (Lipinski definition) is 4. The van der Waals surface area contributed by atoms with E-state index in [9.17, 15) is 17.6 Å². The highest BCUT2D eigenvalue weighted by Gasteiger charge is 2.18. The van der Waals surface area contributed by atoms with Gasteiger partial charge in [-0.1, -0.05) is 37.3 Å². The molecule has 0 aromatic heterocycles. The molecule has 0 aliphatic heterocycles. The lowest BCUT2D eigenvalue weighted by Gasteiger charge is -2.23. The first-order valence-electron chi connectivity index (χ1n) is 10.5. The molecule has 1 amide bonds. The fourth-order valence-corrected chi connectivity index (χ4v) is 4.28. The number of halogens is 1. The lowest BCUT2D eigenvalue weighted by Crippen LogP contribution is -2.29. The molecule has 0 bridgehead atoms. The molecule has 6 nitrogen and oxygen atoms in total. The molecule has 0 atom stereocenters. The van der Waals surface area contributed by atoms with Crippen LogP contribution in [0.3, 0.4) is 0 Å². The van der Waals surface area contributed by atoms with Gasteiger partial charge in [0, 0.05) is 5.69 Å². The molecule has 174 valence electrons. The maximum Gasteiger partial charge on any atom is 0.262 e. The third kappa shape index (κ3) is 6.55. The molecule has 0 saturated carbocycles. The summed E-state index contributed by atoms with van der Waals surface area (Å²) in [7, 11) is -3.58. The number of benzene rings is 3. The van der Waals surface area contributed by atoms with Crippen LogP contribution in [0.15, 0.2) is 66.7 Å². The van der Waals surface area contributed by atoms with E-state index < -0.39 is 10.0 Å². The van der Waals surface area contributed by atoms with E-state index in [1.807, 2.05) is 32.0 Å². The van der Waals surface area contributed by atoms with Gasteiger partial charge in [0.1, 0.15) is 11.6 Å². The summed E-state index contributed by atoms with van der Waals surface area (Å²) >= 11 is 0. The molecule has 0 spiro atoms. The first-order chi connectivity index (χ1) is 15.7. The Morgan fingerprint density at radius 3 is 2.30 bits per heavy atom. The lowest BCUT2D eigenvalue weighted by molar-refractivity contribution is -0.118. The predicted molar refractivity (Wildman–Crippen MR) is 129 cm³/mol. The highest BCUT2D eigenvalue weighted by molar-refractivity contribution is 7.92. The molecule has 3 aromatic carbocycles. The number of aryl methyl sites for hydroxylation is 2. The molecule has 3 rings (SSSR count). The minimum absolute atomic E-state index is 0.0674. The van der Waals surface area contributed by atoms with Gasteiger partial charge in [-0.3, -0.25) is 9.10 Å². The zero-order valence-corrected chi connectivity index (χ0v) is 19.7. The normalized spacial score (nSPS) is 11.2. The van der Waals surface area contributed by atoms with E-state index in [2.05, 4.69) is 5.32 Å². The summed E-state index contributed by atoms with van der Waals surface area (Å²) in [4.78, 5) is 12.4. The smallest absolute Gasteiger partial charge is 0.262 e. The first-order valence-corrected chi connectivity index (χ1v) is 12.4. The van der Waals surface area contributed by atoms with Gasteiger partial charge in [-0.15, -0.1) is 0 Å². The number of carbonyl (C=O) groups is 1.